The van der Waals surface area contributed by atoms with Crippen molar-refractivity contribution in [1.29, 1.82) is 0 Å². The third kappa shape index (κ3) is 4.49. The molecule has 0 spiro atoms. The Bertz CT molecular complexity index is 1520. The maximum atomic E-state index is 13.1. The normalized spacial score (nSPS) is 24.1. The van der Waals surface area contributed by atoms with E-state index >= 15 is 0 Å². The van der Waals surface area contributed by atoms with Crippen molar-refractivity contribution in [2.45, 2.75) is 62.9 Å². The van der Waals surface area contributed by atoms with Crippen LogP contribution in [-0.2, 0) is 16.0 Å². The lowest BCUT2D eigenvalue weighted by atomic mass is 9.80. The van der Waals surface area contributed by atoms with Crippen molar-refractivity contribution in [3.8, 4) is 0 Å². The van der Waals surface area contributed by atoms with Crippen LogP contribution in [-0.4, -0.2) is 50.9 Å². The fourth-order valence-electron chi connectivity index (χ4n) is 6.21. The number of fused-ring (bicyclic) bond motifs is 1. The molecular formula is C31H31N5O4. The molecule has 0 radical (unpaired) electrons. The largest absolute Gasteiger partial charge is 0.385 e. The molecule has 0 bridgehead atoms. The summed E-state index contributed by atoms with van der Waals surface area (Å²) in [4.78, 5) is 50.8. The van der Waals surface area contributed by atoms with E-state index in [0.29, 0.717) is 29.0 Å². The summed E-state index contributed by atoms with van der Waals surface area (Å²) in [6.45, 7) is 0.766. The van der Waals surface area contributed by atoms with Crippen molar-refractivity contribution in [2.24, 2.45) is 5.92 Å². The van der Waals surface area contributed by atoms with Crippen molar-refractivity contribution >= 4 is 29.3 Å². The van der Waals surface area contributed by atoms with Crippen LogP contribution < -0.4 is 10.6 Å². The fraction of sp³-hybridized carbons (Fsp3) is 0.387. The van der Waals surface area contributed by atoms with Gasteiger partial charge >= 0.3 is 0 Å². The first kappa shape index (κ1) is 24.7. The van der Waals surface area contributed by atoms with Crippen LogP contribution in [0.3, 0.4) is 0 Å². The summed E-state index contributed by atoms with van der Waals surface area (Å²) < 4.78 is 2.19. The van der Waals surface area contributed by atoms with Crippen molar-refractivity contribution in [1.82, 2.24) is 20.0 Å². The zero-order chi connectivity index (χ0) is 27.4. The number of carbonyl (C=O) groups is 4. The molecule has 40 heavy (non-hydrogen) atoms. The average Bonchev–Trinajstić information content (AvgIpc) is 3.64. The number of imide groups is 2. The first-order valence-electron chi connectivity index (χ1n) is 14.2. The fourth-order valence-corrected chi connectivity index (χ4v) is 6.21. The minimum atomic E-state index is -0.954. The Hall–Kier alpha value is -4.27. The quantitative estimate of drug-likeness (QED) is 0.423. The van der Waals surface area contributed by atoms with E-state index in [4.69, 9.17) is 5.10 Å². The monoisotopic (exact) mass is 537 g/mol. The van der Waals surface area contributed by atoms with Crippen LogP contribution >= 0.6 is 0 Å². The van der Waals surface area contributed by atoms with Gasteiger partial charge in [0.05, 0.1) is 22.9 Å². The van der Waals surface area contributed by atoms with Crippen LogP contribution in [0, 0.1) is 5.92 Å². The topological polar surface area (TPSA) is 113 Å². The van der Waals surface area contributed by atoms with E-state index in [9.17, 15) is 19.2 Å². The number of hydrogen-bond donors (Lipinski definition) is 2. The Morgan fingerprint density at radius 3 is 2.45 bits per heavy atom. The highest BCUT2D eigenvalue weighted by Crippen LogP contribution is 2.44. The first-order valence-corrected chi connectivity index (χ1v) is 14.2. The summed E-state index contributed by atoms with van der Waals surface area (Å²) >= 11 is 0. The highest BCUT2D eigenvalue weighted by atomic mass is 16.2. The number of nitrogens with zero attached hydrogens (tertiary/aromatic N) is 3. The molecule has 204 valence electrons. The van der Waals surface area contributed by atoms with E-state index in [1.165, 1.54) is 29.7 Å². The van der Waals surface area contributed by atoms with Crippen molar-refractivity contribution < 1.29 is 19.2 Å². The van der Waals surface area contributed by atoms with Crippen molar-refractivity contribution in [2.75, 3.05) is 11.9 Å². The number of piperidine rings is 1. The lowest BCUT2D eigenvalue weighted by Crippen LogP contribution is -2.54. The highest BCUT2D eigenvalue weighted by Gasteiger charge is 2.44. The van der Waals surface area contributed by atoms with E-state index < -0.39 is 23.8 Å². The number of anilines is 1. The summed E-state index contributed by atoms with van der Waals surface area (Å²) in [6, 6.07) is 15.2. The molecule has 9 nitrogen and oxygen atoms in total. The predicted octanol–water partition coefficient (Wildman–Crippen LogP) is 3.82. The van der Waals surface area contributed by atoms with Gasteiger partial charge in [0.15, 0.2) is 0 Å². The van der Waals surface area contributed by atoms with Gasteiger partial charge in [-0.25, -0.2) is 0 Å². The van der Waals surface area contributed by atoms with Gasteiger partial charge in [-0.3, -0.25) is 34.1 Å². The van der Waals surface area contributed by atoms with Gasteiger partial charge in [-0.1, -0.05) is 30.3 Å². The minimum absolute atomic E-state index is 0.105. The molecule has 2 aliphatic heterocycles. The lowest BCUT2D eigenvalue weighted by Gasteiger charge is -2.35. The van der Waals surface area contributed by atoms with Gasteiger partial charge in [0.1, 0.15) is 6.04 Å². The van der Waals surface area contributed by atoms with Gasteiger partial charge in [-0.15, -0.1) is 0 Å². The van der Waals surface area contributed by atoms with Gasteiger partial charge in [-0.05, 0) is 67.3 Å². The van der Waals surface area contributed by atoms with Crippen LogP contribution in [0.4, 0.5) is 5.69 Å². The van der Waals surface area contributed by atoms with E-state index in [-0.39, 0.29) is 18.7 Å². The molecule has 3 fully saturated rings. The van der Waals surface area contributed by atoms with Crippen LogP contribution in [0.5, 0.6) is 0 Å². The lowest BCUT2D eigenvalue weighted by molar-refractivity contribution is -0.136. The Kier molecular flexibility index (Phi) is 6.02. The Morgan fingerprint density at radius 2 is 1.70 bits per heavy atom. The number of benzene rings is 2. The molecule has 2 N–H and O–H groups in total. The van der Waals surface area contributed by atoms with Crippen LogP contribution in [0.25, 0.3) is 0 Å². The van der Waals surface area contributed by atoms with Crippen LogP contribution in [0.1, 0.15) is 88.0 Å². The van der Waals surface area contributed by atoms with E-state index in [2.05, 4.69) is 45.8 Å². The van der Waals surface area contributed by atoms with Gasteiger partial charge in [-0.2, -0.15) is 5.10 Å². The summed E-state index contributed by atoms with van der Waals surface area (Å²) in [5.74, 6) is -0.861. The molecule has 3 heterocycles. The molecule has 2 saturated carbocycles. The second kappa shape index (κ2) is 9.73. The number of nitrogens with one attached hydrogen (secondary N) is 2. The number of hydrogen-bond acceptors (Lipinski definition) is 6. The summed E-state index contributed by atoms with van der Waals surface area (Å²) in [5, 5.41) is 10.7. The molecule has 4 aliphatic rings. The number of amides is 4. The zero-order valence-electron chi connectivity index (χ0n) is 22.1. The highest BCUT2D eigenvalue weighted by molar-refractivity contribution is 6.23. The minimum Gasteiger partial charge on any atom is -0.385 e. The Balaban J connectivity index is 0.969. The molecule has 1 saturated heterocycles. The number of rotatable bonds is 8. The molecule has 2 aromatic carbocycles. The van der Waals surface area contributed by atoms with Gasteiger partial charge in [0, 0.05) is 37.2 Å². The molecule has 3 aromatic rings. The molecular weight excluding hydrogens is 506 g/mol. The van der Waals surface area contributed by atoms with Crippen LogP contribution in [0.2, 0.25) is 0 Å². The molecule has 9 heteroatoms. The second-order valence-electron chi connectivity index (χ2n) is 11.5. The van der Waals surface area contributed by atoms with Crippen molar-refractivity contribution in [3.63, 3.8) is 0 Å². The van der Waals surface area contributed by atoms with Crippen molar-refractivity contribution in [3.05, 3.63) is 82.7 Å². The smallest absolute Gasteiger partial charge is 0.262 e. The maximum absolute atomic E-state index is 13.1. The Morgan fingerprint density at radius 1 is 0.925 bits per heavy atom. The molecule has 1 aromatic heterocycles. The van der Waals surface area contributed by atoms with Gasteiger partial charge in [0.2, 0.25) is 11.8 Å². The van der Waals surface area contributed by atoms with E-state index in [0.717, 1.165) is 36.4 Å². The SMILES string of the molecule is O=C1CCC(N2C(=O)c3ccc(NC[C@H]4C[C@H](n5cc(Cc6ccccc6)c(C6CC6)n5)C4)cc3C2=O)C(=O)N1. The zero-order valence-corrected chi connectivity index (χ0v) is 22.1. The summed E-state index contributed by atoms with van der Waals surface area (Å²) in [5.41, 5.74) is 5.29. The molecule has 1 unspecified atom stereocenters. The van der Waals surface area contributed by atoms with Gasteiger partial charge in [0.25, 0.3) is 11.8 Å². The third-order valence-electron chi connectivity index (χ3n) is 8.66. The first-order chi connectivity index (χ1) is 19.4. The predicted molar refractivity (Wildman–Crippen MR) is 147 cm³/mol. The molecule has 4 amide bonds. The molecule has 1 atom stereocenters. The van der Waals surface area contributed by atoms with E-state index in [1.807, 2.05) is 6.07 Å². The van der Waals surface area contributed by atoms with Crippen LogP contribution in [0.15, 0.2) is 54.7 Å². The average molecular weight is 538 g/mol. The van der Waals surface area contributed by atoms with E-state index in [1.54, 1.807) is 18.2 Å². The van der Waals surface area contributed by atoms with Gasteiger partial charge < -0.3 is 5.32 Å². The number of aromatic nitrogens is 2. The molecule has 2 aliphatic carbocycles. The second-order valence-corrected chi connectivity index (χ2v) is 11.5. The molecule has 7 rings (SSSR count). The Labute approximate surface area is 231 Å². The number of carbonyl (C=O) groups excluding carboxylic acids is 4. The third-order valence-corrected chi connectivity index (χ3v) is 8.66. The maximum Gasteiger partial charge on any atom is 0.262 e. The standard InChI is InChI=1S/C31H31N5O4/c37-27-11-10-26(29(38)33-27)36-30(39)24-9-8-22(15-25(24)31(36)40)32-16-19-13-23(14-19)35-17-21(28(34-35)20-6-7-20)12-18-4-2-1-3-5-18/h1-5,8-9,15,17,19-20,23,26,32H,6-7,10-14,16H2,(H,33,37,38)/t19-,23-,26?. The summed E-state index contributed by atoms with van der Waals surface area (Å²) in [6.07, 6.45) is 7.97. The summed E-state index contributed by atoms with van der Waals surface area (Å²) in [7, 11) is 0.